The first-order valence-electron chi connectivity index (χ1n) is 7.53. The number of carbonyl (C=O) groups is 1. The molecule has 1 saturated heterocycles. The van der Waals surface area contributed by atoms with E-state index in [0.717, 1.165) is 24.0 Å². The summed E-state index contributed by atoms with van der Waals surface area (Å²) >= 11 is 0. The second-order valence-corrected chi connectivity index (χ2v) is 5.39. The summed E-state index contributed by atoms with van der Waals surface area (Å²) < 4.78 is 16.2. The lowest BCUT2D eigenvalue weighted by Gasteiger charge is -2.42. The van der Waals surface area contributed by atoms with Gasteiger partial charge in [0.2, 0.25) is 0 Å². The van der Waals surface area contributed by atoms with Gasteiger partial charge < -0.3 is 14.2 Å². The number of fused-ring (bicyclic) bond motifs is 3. The molecule has 1 amide bonds. The first-order chi connectivity index (χ1) is 10.7. The molecule has 3 rings (SSSR count). The van der Waals surface area contributed by atoms with Crippen LogP contribution in [0.3, 0.4) is 0 Å². The average Bonchev–Trinajstić information content (AvgIpc) is 2.54. The van der Waals surface area contributed by atoms with Crippen molar-refractivity contribution in [3.63, 3.8) is 0 Å². The van der Waals surface area contributed by atoms with Crippen LogP contribution in [0.4, 0.5) is 0 Å². The van der Waals surface area contributed by atoms with Crippen molar-refractivity contribution in [2.75, 3.05) is 20.8 Å². The Kier molecular flexibility index (Phi) is 4.22. The predicted molar refractivity (Wildman–Crippen MR) is 78.6 cm³/mol. The Labute approximate surface area is 129 Å². The SMILES string of the molecule is CCO[C@@H]1CC[C@H]2c3cc(OC)c(OC)cc3CC(=O)N2O1. The minimum atomic E-state index is -0.341. The molecule has 6 nitrogen and oxygen atoms in total. The minimum absolute atomic E-state index is 0.0471. The molecule has 1 fully saturated rings. The zero-order valence-corrected chi connectivity index (χ0v) is 13.1. The monoisotopic (exact) mass is 307 g/mol. The van der Waals surface area contributed by atoms with Crippen molar-refractivity contribution < 1.29 is 23.8 Å². The van der Waals surface area contributed by atoms with E-state index in [1.165, 1.54) is 5.06 Å². The highest BCUT2D eigenvalue weighted by atomic mass is 16.8. The molecular weight excluding hydrogens is 286 g/mol. The molecule has 0 aromatic heterocycles. The van der Waals surface area contributed by atoms with Crippen molar-refractivity contribution in [2.24, 2.45) is 0 Å². The topological polar surface area (TPSA) is 57.2 Å². The quantitative estimate of drug-likeness (QED) is 0.853. The van der Waals surface area contributed by atoms with Gasteiger partial charge in [-0.15, -0.1) is 0 Å². The second-order valence-electron chi connectivity index (χ2n) is 5.39. The maximum atomic E-state index is 12.4. The molecule has 0 N–H and O–H groups in total. The summed E-state index contributed by atoms with van der Waals surface area (Å²) in [7, 11) is 3.20. The molecule has 1 aromatic carbocycles. The van der Waals surface area contributed by atoms with Gasteiger partial charge >= 0.3 is 0 Å². The summed E-state index contributed by atoms with van der Waals surface area (Å²) in [5, 5.41) is 1.47. The molecule has 2 aliphatic heterocycles. The molecule has 0 radical (unpaired) electrons. The van der Waals surface area contributed by atoms with E-state index in [-0.39, 0.29) is 18.2 Å². The standard InChI is InChI=1S/C16H21NO5/c1-4-21-16-6-5-12-11-9-14(20-3)13(19-2)7-10(11)8-15(18)17(12)22-16/h7,9,12,16H,4-6,8H2,1-3H3/t12-,16-/m0/s1. The van der Waals surface area contributed by atoms with Gasteiger partial charge in [-0.25, -0.2) is 9.90 Å². The van der Waals surface area contributed by atoms with Crippen molar-refractivity contribution in [2.45, 2.75) is 38.5 Å². The summed E-state index contributed by atoms with van der Waals surface area (Å²) in [6, 6.07) is 3.74. The molecule has 6 heteroatoms. The number of benzene rings is 1. The lowest BCUT2D eigenvalue weighted by molar-refractivity contribution is -0.308. The maximum Gasteiger partial charge on any atom is 0.251 e. The fourth-order valence-corrected chi connectivity index (χ4v) is 3.12. The van der Waals surface area contributed by atoms with E-state index in [1.807, 2.05) is 19.1 Å². The largest absolute Gasteiger partial charge is 0.493 e. The third kappa shape index (κ3) is 2.53. The van der Waals surface area contributed by atoms with Crippen molar-refractivity contribution in [3.8, 4) is 11.5 Å². The fourth-order valence-electron chi connectivity index (χ4n) is 3.12. The van der Waals surface area contributed by atoms with Crippen LogP contribution >= 0.6 is 0 Å². The van der Waals surface area contributed by atoms with Crippen LogP contribution in [-0.4, -0.2) is 38.1 Å². The second kappa shape index (κ2) is 6.14. The number of rotatable bonds is 4. The van der Waals surface area contributed by atoms with E-state index < -0.39 is 0 Å². The Morgan fingerprint density at radius 3 is 2.64 bits per heavy atom. The molecule has 2 aliphatic rings. The van der Waals surface area contributed by atoms with Gasteiger partial charge in [0, 0.05) is 13.0 Å². The molecule has 2 atom stereocenters. The molecule has 120 valence electrons. The van der Waals surface area contributed by atoms with Gasteiger partial charge in [0.15, 0.2) is 17.8 Å². The van der Waals surface area contributed by atoms with Gasteiger partial charge in [-0.05, 0) is 36.6 Å². The normalized spacial score (nSPS) is 23.8. The van der Waals surface area contributed by atoms with Crippen LogP contribution in [0.25, 0.3) is 0 Å². The van der Waals surface area contributed by atoms with E-state index in [2.05, 4.69) is 0 Å². The van der Waals surface area contributed by atoms with Gasteiger partial charge in [0.05, 0.1) is 26.7 Å². The molecule has 0 bridgehead atoms. The maximum absolute atomic E-state index is 12.4. The molecule has 2 heterocycles. The van der Waals surface area contributed by atoms with E-state index in [4.69, 9.17) is 19.0 Å². The van der Waals surface area contributed by atoms with Gasteiger partial charge in [-0.2, -0.15) is 0 Å². The molecule has 22 heavy (non-hydrogen) atoms. The van der Waals surface area contributed by atoms with Crippen LogP contribution in [0.2, 0.25) is 0 Å². The molecule has 1 aromatic rings. The van der Waals surface area contributed by atoms with Crippen LogP contribution in [0.15, 0.2) is 12.1 Å². The number of hydrogen-bond acceptors (Lipinski definition) is 5. The summed E-state index contributed by atoms with van der Waals surface area (Å²) in [5.41, 5.74) is 2.04. The zero-order valence-electron chi connectivity index (χ0n) is 13.1. The Morgan fingerprint density at radius 1 is 1.23 bits per heavy atom. The van der Waals surface area contributed by atoms with E-state index in [9.17, 15) is 4.79 Å². The van der Waals surface area contributed by atoms with E-state index >= 15 is 0 Å². The zero-order chi connectivity index (χ0) is 15.7. The average molecular weight is 307 g/mol. The highest BCUT2D eigenvalue weighted by molar-refractivity contribution is 5.81. The minimum Gasteiger partial charge on any atom is -0.493 e. The number of hydrogen-bond donors (Lipinski definition) is 0. The number of hydroxylamine groups is 2. The predicted octanol–water partition coefficient (Wildman–Crippen LogP) is 2.22. The smallest absolute Gasteiger partial charge is 0.251 e. The highest BCUT2D eigenvalue weighted by Crippen LogP contribution is 2.42. The third-order valence-corrected chi connectivity index (χ3v) is 4.13. The van der Waals surface area contributed by atoms with Crippen LogP contribution in [0, 0.1) is 0 Å². The van der Waals surface area contributed by atoms with Crippen LogP contribution in [0.5, 0.6) is 11.5 Å². The number of amides is 1. The summed E-state index contributed by atoms with van der Waals surface area (Å²) in [4.78, 5) is 18.1. The van der Waals surface area contributed by atoms with E-state index in [1.54, 1.807) is 14.2 Å². The number of nitrogens with zero attached hydrogens (tertiary/aromatic N) is 1. The number of carbonyl (C=O) groups excluding carboxylic acids is 1. The first-order valence-corrected chi connectivity index (χ1v) is 7.53. The lowest BCUT2D eigenvalue weighted by Crippen LogP contribution is -2.46. The molecule has 0 aliphatic carbocycles. The van der Waals surface area contributed by atoms with Crippen LogP contribution in [0.1, 0.15) is 36.9 Å². The summed E-state index contributed by atoms with van der Waals surface area (Å²) in [6.45, 7) is 2.49. The van der Waals surface area contributed by atoms with E-state index in [0.29, 0.717) is 24.5 Å². The van der Waals surface area contributed by atoms with Crippen molar-refractivity contribution >= 4 is 5.91 Å². The molecular formula is C16H21NO5. The Bertz CT molecular complexity index is 574. The van der Waals surface area contributed by atoms with Crippen molar-refractivity contribution in [3.05, 3.63) is 23.3 Å². The molecule has 0 spiro atoms. The summed E-state index contributed by atoms with van der Waals surface area (Å²) in [5.74, 6) is 1.27. The fraction of sp³-hybridized carbons (Fsp3) is 0.562. The first kappa shape index (κ1) is 15.1. The highest BCUT2D eigenvalue weighted by Gasteiger charge is 2.39. The Balaban J connectivity index is 1.93. The van der Waals surface area contributed by atoms with Gasteiger partial charge in [-0.3, -0.25) is 4.79 Å². The van der Waals surface area contributed by atoms with Gasteiger partial charge in [0.25, 0.3) is 5.91 Å². The van der Waals surface area contributed by atoms with Crippen molar-refractivity contribution in [1.82, 2.24) is 5.06 Å². The number of methoxy groups -OCH3 is 2. The Morgan fingerprint density at radius 2 is 1.95 bits per heavy atom. The summed E-state index contributed by atoms with van der Waals surface area (Å²) in [6.07, 6.45) is 1.52. The van der Waals surface area contributed by atoms with Gasteiger partial charge in [0.1, 0.15) is 0 Å². The third-order valence-electron chi connectivity index (χ3n) is 4.13. The number of ether oxygens (including phenoxy) is 3. The molecule has 0 saturated carbocycles. The van der Waals surface area contributed by atoms with Crippen molar-refractivity contribution in [1.29, 1.82) is 0 Å². The van der Waals surface area contributed by atoms with Gasteiger partial charge in [-0.1, -0.05) is 0 Å². The van der Waals surface area contributed by atoms with Crippen LogP contribution < -0.4 is 9.47 Å². The lowest BCUT2D eigenvalue weighted by atomic mass is 9.89. The van der Waals surface area contributed by atoms with Crippen LogP contribution in [-0.2, 0) is 20.8 Å². The molecule has 0 unspecified atom stereocenters. The Hall–Kier alpha value is -1.79.